The van der Waals surface area contributed by atoms with Crippen molar-refractivity contribution >= 4 is 35.0 Å². The van der Waals surface area contributed by atoms with Crippen molar-refractivity contribution in [2.45, 2.75) is 5.41 Å². The largest absolute Gasteiger partial charge is 0.268 e. The van der Waals surface area contributed by atoms with E-state index in [2.05, 4.69) is 36.1 Å². The monoisotopic (exact) mass is 656 g/mol. The Bertz CT molecular complexity index is 2450. The van der Waals surface area contributed by atoms with Crippen molar-refractivity contribution in [3.8, 4) is 35.8 Å². The van der Waals surface area contributed by atoms with Gasteiger partial charge in [0, 0.05) is 11.1 Å². The van der Waals surface area contributed by atoms with Gasteiger partial charge in [0.15, 0.2) is 0 Å². The Kier molecular flexibility index (Phi) is 6.36. The second kappa shape index (κ2) is 10.9. The van der Waals surface area contributed by atoms with Crippen molar-refractivity contribution in [2.75, 3.05) is 9.80 Å². The molecule has 238 valence electrons. The number of terminal acetylenes is 2. The number of nitrogens with zero attached hydrogens (tertiary/aromatic N) is 2. The Morgan fingerprint density at radius 2 is 0.784 bits per heavy atom. The summed E-state index contributed by atoms with van der Waals surface area (Å²) in [4.78, 5) is 57.9. The van der Waals surface area contributed by atoms with Crippen LogP contribution in [0.2, 0.25) is 0 Å². The molecule has 4 amide bonds. The molecule has 0 fully saturated rings. The first-order valence-electron chi connectivity index (χ1n) is 16.3. The Balaban J connectivity index is 1.24. The first-order chi connectivity index (χ1) is 24.9. The number of imide groups is 2. The molecule has 6 heteroatoms. The number of anilines is 2. The molecule has 0 saturated heterocycles. The average Bonchev–Trinajstić information content (AvgIpc) is 3.72. The summed E-state index contributed by atoms with van der Waals surface area (Å²) in [7, 11) is 0. The second-order valence-corrected chi connectivity index (χ2v) is 12.6. The predicted molar refractivity (Wildman–Crippen MR) is 195 cm³/mol. The third-order valence-corrected chi connectivity index (χ3v) is 10.2. The van der Waals surface area contributed by atoms with E-state index in [-0.39, 0.29) is 11.1 Å². The lowest BCUT2D eigenvalue weighted by atomic mass is 9.67. The number of amides is 4. The lowest BCUT2D eigenvalue weighted by molar-refractivity contribution is 0.0910. The van der Waals surface area contributed by atoms with Crippen LogP contribution >= 0.6 is 0 Å². The molecule has 0 aromatic heterocycles. The summed E-state index contributed by atoms with van der Waals surface area (Å²) in [6, 6.07) is 40.3. The van der Waals surface area contributed by atoms with Crippen LogP contribution in [0.15, 0.2) is 133 Å². The Morgan fingerprint density at radius 1 is 0.412 bits per heavy atom. The van der Waals surface area contributed by atoms with Gasteiger partial charge in [0.1, 0.15) is 0 Å². The van der Waals surface area contributed by atoms with Crippen LogP contribution < -0.4 is 9.80 Å². The molecule has 0 radical (unpaired) electrons. The Morgan fingerprint density at radius 3 is 1.18 bits per heavy atom. The molecule has 3 aliphatic rings. The molecule has 6 aromatic rings. The fourth-order valence-electron chi connectivity index (χ4n) is 7.85. The lowest BCUT2D eigenvalue weighted by Crippen LogP contribution is -2.30. The minimum absolute atomic E-state index is 0.272. The maximum Gasteiger partial charge on any atom is 0.266 e. The summed E-state index contributed by atoms with van der Waals surface area (Å²) in [5.41, 5.74) is 7.62. The van der Waals surface area contributed by atoms with Crippen molar-refractivity contribution in [2.24, 2.45) is 0 Å². The van der Waals surface area contributed by atoms with Gasteiger partial charge in [-0.05, 0) is 106 Å². The summed E-state index contributed by atoms with van der Waals surface area (Å²) >= 11 is 0. The average molecular weight is 657 g/mol. The van der Waals surface area contributed by atoms with Crippen molar-refractivity contribution in [1.82, 2.24) is 0 Å². The smallest absolute Gasteiger partial charge is 0.266 e. The minimum atomic E-state index is -1.01. The SMILES string of the molecule is C#Cc1ccc(N2C(=O)c3ccc(C4(c5ccc6c(c5)C(=O)N(c5ccc(C#C)cc5)C6=O)c5ccccc5-c5ccccc54)cc3C2=O)cc1. The number of hydrogen-bond donors (Lipinski definition) is 0. The minimum Gasteiger partial charge on any atom is -0.268 e. The van der Waals surface area contributed by atoms with E-state index in [9.17, 15) is 19.2 Å². The molecule has 6 nitrogen and oxygen atoms in total. The normalized spacial score (nSPS) is 14.9. The number of rotatable bonds is 4. The molecule has 51 heavy (non-hydrogen) atoms. The van der Waals surface area contributed by atoms with Gasteiger partial charge in [-0.15, -0.1) is 12.8 Å². The molecule has 0 saturated carbocycles. The van der Waals surface area contributed by atoms with E-state index in [0.29, 0.717) is 33.6 Å². The molecule has 9 rings (SSSR count). The number of fused-ring (bicyclic) bond motifs is 5. The van der Waals surface area contributed by atoms with E-state index in [1.807, 2.05) is 36.4 Å². The number of carbonyl (C=O) groups is 4. The van der Waals surface area contributed by atoms with Gasteiger partial charge in [0.2, 0.25) is 0 Å². The van der Waals surface area contributed by atoms with E-state index in [0.717, 1.165) is 33.4 Å². The van der Waals surface area contributed by atoms with Crippen molar-refractivity contribution < 1.29 is 19.2 Å². The molecule has 6 aromatic carbocycles. The molecule has 1 aliphatic carbocycles. The zero-order valence-electron chi connectivity index (χ0n) is 26.9. The first-order valence-corrected chi connectivity index (χ1v) is 16.3. The van der Waals surface area contributed by atoms with Gasteiger partial charge in [-0.2, -0.15) is 0 Å². The fraction of sp³-hybridized carbons (Fsp3) is 0.0222. The van der Waals surface area contributed by atoms with Crippen LogP contribution in [-0.2, 0) is 5.41 Å². The van der Waals surface area contributed by atoms with E-state index in [4.69, 9.17) is 12.8 Å². The topological polar surface area (TPSA) is 74.8 Å². The van der Waals surface area contributed by atoms with Crippen molar-refractivity contribution in [3.63, 3.8) is 0 Å². The molecule has 2 heterocycles. The van der Waals surface area contributed by atoms with Gasteiger partial charge in [0.05, 0.1) is 39.0 Å². The van der Waals surface area contributed by atoms with Gasteiger partial charge in [-0.25, -0.2) is 9.80 Å². The molecule has 0 atom stereocenters. The van der Waals surface area contributed by atoms with Crippen LogP contribution in [-0.4, -0.2) is 23.6 Å². The standard InChI is InChI=1S/C45H24N2O4/c1-3-27-13-19-31(20-14-27)46-41(48)35-23-17-29(25-37(35)43(46)50)45(39-11-7-5-9-33(39)34-10-6-8-12-40(34)45)30-18-24-36-38(26-30)44(51)47(42(36)49)32-21-15-28(4-2)16-22-32/h1-2,5-26H. The maximum atomic E-state index is 14.1. The van der Waals surface area contributed by atoms with Crippen LogP contribution in [0.1, 0.15) is 74.8 Å². The van der Waals surface area contributed by atoms with E-state index in [1.54, 1.807) is 72.8 Å². The summed E-state index contributed by atoms with van der Waals surface area (Å²) in [5, 5.41) is 0. The lowest BCUT2D eigenvalue weighted by Gasteiger charge is -2.34. The molecule has 0 unspecified atom stereocenters. The Hall–Kier alpha value is -7.28. The summed E-state index contributed by atoms with van der Waals surface area (Å²) in [5.74, 6) is 3.38. The van der Waals surface area contributed by atoms with Crippen LogP contribution in [0.25, 0.3) is 11.1 Å². The van der Waals surface area contributed by atoms with Gasteiger partial charge in [-0.1, -0.05) is 72.5 Å². The molecular formula is C45H24N2O4. The second-order valence-electron chi connectivity index (χ2n) is 12.6. The molecular weight excluding hydrogens is 633 g/mol. The summed E-state index contributed by atoms with van der Waals surface area (Å²) < 4.78 is 0. The highest BCUT2D eigenvalue weighted by Crippen LogP contribution is 2.56. The fourth-order valence-corrected chi connectivity index (χ4v) is 7.85. The zero-order valence-corrected chi connectivity index (χ0v) is 26.9. The number of benzene rings is 6. The van der Waals surface area contributed by atoms with Crippen molar-refractivity contribution in [3.05, 3.63) is 189 Å². The molecule has 0 bridgehead atoms. The predicted octanol–water partition coefficient (Wildman–Crippen LogP) is 7.61. The molecule has 2 aliphatic heterocycles. The third-order valence-electron chi connectivity index (χ3n) is 10.2. The summed E-state index contributed by atoms with van der Waals surface area (Å²) in [6.07, 6.45) is 11.1. The van der Waals surface area contributed by atoms with Gasteiger partial charge < -0.3 is 0 Å². The zero-order chi connectivity index (χ0) is 35.0. The van der Waals surface area contributed by atoms with Crippen LogP contribution in [0.4, 0.5) is 11.4 Å². The van der Waals surface area contributed by atoms with E-state index in [1.165, 1.54) is 9.80 Å². The van der Waals surface area contributed by atoms with E-state index >= 15 is 0 Å². The molecule has 0 spiro atoms. The quantitative estimate of drug-likeness (QED) is 0.144. The third kappa shape index (κ3) is 4.02. The highest BCUT2D eigenvalue weighted by Gasteiger charge is 2.49. The number of carbonyl (C=O) groups excluding carboxylic acids is 4. The van der Waals surface area contributed by atoms with Crippen LogP contribution in [0.3, 0.4) is 0 Å². The number of hydrogen-bond acceptors (Lipinski definition) is 4. The van der Waals surface area contributed by atoms with Gasteiger partial charge in [-0.3, -0.25) is 19.2 Å². The first kappa shape index (κ1) is 29.8. The van der Waals surface area contributed by atoms with Gasteiger partial charge in [0.25, 0.3) is 23.6 Å². The van der Waals surface area contributed by atoms with Crippen LogP contribution in [0.5, 0.6) is 0 Å². The van der Waals surface area contributed by atoms with Crippen molar-refractivity contribution in [1.29, 1.82) is 0 Å². The highest BCUT2D eigenvalue weighted by molar-refractivity contribution is 6.35. The maximum absolute atomic E-state index is 14.1. The van der Waals surface area contributed by atoms with Gasteiger partial charge >= 0.3 is 0 Å². The molecule has 0 N–H and O–H groups in total. The Labute approximate surface area is 293 Å². The van der Waals surface area contributed by atoms with E-state index < -0.39 is 29.0 Å². The highest BCUT2D eigenvalue weighted by atomic mass is 16.2. The van der Waals surface area contributed by atoms with Crippen LogP contribution in [0, 0.1) is 24.7 Å². The summed E-state index contributed by atoms with van der Waals surface area (Å²) in [6.45, 7) is 0.